The second kappa shape index (κ2) is 10.1. The van der Waals surface area contributed by atoms with E-state index in [0.717, 1.165) is 0 Å². The van der Waals surface area contributed by atoms with E-state index in [0.29, 0.717) is 17.7 Å². The number of nitrogens with two attached hydrogens (primary N) is 1. The molecule has 0 amide bonds. The predicted molar refractivity (Wildman–Crippen MR) is 106 cm³/mol. The van der Waals surface area contributed by atoms with Crippen LogP contribution >= 0.6 is 0 Å². The van der Waals surface area contributed by atoms with E-state index in [-0.39, 0.29) is 35.1 Å². The van der Waals surface area contributed by atoms with Crippen LogP contribution in [0.3, 0.4) is 0 Å². The van der Waals surface area contributed by atoms with Crippen LogP contribution in [0.1, 0.15) is 44.1 Å². The molecule has 28 heavy (non-hydrogen) atoms. The second-order valence-electron chi connectivity index (χ2n) is 7.43. The van der Waals surface area contributed by atoms with Gasteiger partial charge in [-0.15, -0.1) is 0 Å². The molecular formula is C20H30N2O6. The summed E-state index contributed by atoms with van der Waals surface area (Å²) in [5, 5.41) is 58.8. The number of aliphatic hydroxyl groups is 2. The highest BCUT2D eigenvalue weighted by Crippen LogP contribution is 2.27. The molecule has 1 unspecified atom stereocenters. The SMILES string of the molecule is CC(C)(C)NCC(O)c1cc(O)cc(O)c1.NC[C@H](O)c1ccc(O)c(O)c1. The van der Waals surface area contributed by atoms with Gasteiger partial charge in [0.15, 0.2) is 11.5 Å². The Morgan fingerprint density at radius 1 is 0.821 bits per heavy atom. The minimum absolute atomic E-state index is 0.0511. The summed E-state index contributed by atoms with van der Waals surface area (Å²) in [6, 6.07) is 8.21. The first-order valence-corrected chi connectivity index (χ1v) is 8.79. The van der Waals surface area contributed by atoms with Crippen molar-refractivity contribution in [3.63, 3.8) is 0 Å². The molecule has 0 fully saturated rings. The zero-order valence-electron chi connectivity index (χ0n) is 16.3. The van der Waals surface area contributed by atoms with Gasteiger partial charge in [0, 0.05) is 24.7 Å². The maximum Gasteiger partial charge on any atom is 0.157 e. The van der Waals surface area contributed by atoms with E-state index < -0.39 is 12.2 Å². The van der Waals surface area contributed by atoms with Gasteiger partial charge < -0.3 is 41.7 Å². The maximum atomic E-state index is 9.85. The summed E-state index contributed by atoms with van der Waals surface area (Å²) in [6.45, 7) is 6.45. The molecule has 0 aromatic heterocycles. The summed E-state index contributed by atoms with van der Waals surface area (Å²) < 4.78 is 0. The topological polar surface area (TPSA) is 159 Å². The van der Waals surface area contributed by atoms with Crippen LogP contribution in [-0.2, 0) is 0 Å². The minimum atomic E-state index is -0.795. The molecule has 0 aliphatic heterocycles. The molecule has 9 N–H and O–H groups in total. The lowest BCUT2D eigenvalue weighted by molar-refractivity contribution is 0.162. The Morgan fingerprint density at radius 2 is 1.39 bits per heavy atom. The Bertz CT molecular complexity index is 741. The molecule has 0 spiro atoms. The van der Waals surface area contributed by atoms with Gasteiger partial charge in [0.05, 0.1) is 12.2 Å². The van der Waals surface area contributed by atoms with Crippen molar-refractivity contribution in [2.75, 3.05) is 13.1 Å². The van der Waals surface area contributed by atoms with Gasteiger partial charge in [-0.1, -0.05) is 6.07 Å². The van der Waals surface area contributed by atoms with Gasteiger partial charge in [-0.25, -0.2) is 0 Å². The molecule has 2 rings (SSSR count). The number of rotatable bonds is 5. The molecule has 2 aromatic rings. The molecule has 8 heteroatoms. The van der Waals surface area contributed by atoms with Crippen LogP contribution in [0, 0.1) is 0 Å². The van der Waals surface area contributed by atoms with Crippen molar-refractivity contribution in [1.29, 1.82) is 0 Å². The molecule has 156 valence electrons. The Hall–Kier alpha value is -2.52. The van der Waals surface area contributed by atoms with Gasteiger partial charge in [-0.05, 0) is 56.2 Å². The molecular weight excluding hydrogens is 364 g/mol. The van der Waals surface area contributed by atoms with E-state index in [9.17, 15) is 20.4 Å². The van der Waals surface area contributed by atoms with Crippen molar-refractivity contribution < 1.29 is 30.6 Å². The van der Waals surface area contributed by atoms with Gasteiger partial charge in [-0.2, -0.15) is 0 Å². The molecule has 0 aliphatic carbocycles. The molecule has 2 aromatic carbocycles. The number of benzene rings is 2. The van der Waals surface area contributed by atoms with Crippen LogP contribution < -0.4 is 11.1 Å². The van der Waals surface area contributed by atoms with E-state index in [2.05, 4.69) is 5.32 Å². The van der Waals surface area contributed by atoms with Crippen LogP contribution in [0.4, 0.5) is 0 Å². The number of aliphatic hydroxyl groups excluding tert-OH is 2. The number of phenols is 4. The van der Waals surface area contributed by atoms with Crippen LogP contribution in [0.25, 0.3) is 0 Å². The first-order valence-electron chi connectivity index (χ1n) is 8.79. The Balaban J connectivity index is 0.000000292. The third kappa shape index (κ3) is 8.01. The number of phenolic OH excluding ortho intramolecular Hbond substituents is 4. The third-order valence-corrected chi connectivity index (χ3v) is 3.74. The van der Waals surface area contributed by atoms with Gasteiger partial charge in [0.2, 0.25) is 0 Å². The van der Waals surface area contributed by atoms with E-state index in [1.807, 2.05) is 20.8 Å². The Labute approximate surface area is 164 Å². The van der Waals surface area contributed by atoms with Gasteiger partial charge >= 0.3 is 0 Å². The zero-order valence-corrected chi connectivity index (χ0v) is 16.3. The highest BCUT2D eigenvalue weighted by Gasteiger charge is 2.14. The summed E-state index contributed by atoms with van der Waals surface area (Å²) in [5.74, 6) is -0.558. The predicted octanol–water partition coefficient (Wildman–Crippen LogP) is 1.61. The fourth-order valence-corrected chi connectivity index (χ4v) is 2.21. The third-order valence-electron chi connectivity index (χ3n) is 3.74. The number of nitrogens with one attached hydrogen (secondary N) is 1. The van der Waals surface area contributed by atoms with Crippen molar-refractivity contribution in [3.8, 4) is 23.0 Å². The summed E-state index contributed by atoms with van der Waals surface area (Å²) in [7, 11) is 0. The average Bonchev–Trinajstić information content (AvgIpc) is 2.60. The molecule has 0 radical (unpaired) electrons. The Morgan fingerprint density at radius 3 is 1.86 bits per heavy atom. The summed E-state index contributed by atoms with van der Waals surface area (Å²) in [6.07, 6.45) is -1.55. The van der Waals surface area contributed by atoms with Gasteiger partial charge in [0.1, 0.15) is 11.5 Å². The first-order chi connectivity index (χ1) is 12.9. The molecule has 0 heterocycles. The molecule has 2 atom stereocenters. The van der Waals surface area contributed by atoms with Crippen molar-refractivity contribution in [2.24, 2.45) is 5.73 Å². The molecule has 0 bridgehead atoms. The second-order valence-corrected chi connectivity index (χ2v) is 7.43. The summed E-state index contributed by atoms with van der Waals surface area (Å²) in [4.78, 5) is 0. The fourth-order valence-electron chi connectivity index (χ4n) is 2.21. The lowest BCUT2D eigenvalue weighted by Crippen LogP contribution is -2.38. The highest BCUT2D eigenvalue weighted by atomic mass is 16.3. The average molecular weight is 394 g/mol. The van der Waals surface area contributed by atoms with E-state index in [1.54, 1.807) is 0 Å². The Kier molecular flexibility index (Phi) is 8.52. The molecule has 0 saturated heterocycles. The molecule has 0 aliphatic rings. The van der Waals surface area contributed by atoms with Crippen molar-refractivity contribution in [1.82, 2.24) is 5.32 Å². The standard InChI is InChI=1S/C12H19NO3.C8H11NO3/c1-12(2,3)13-7-11(16)8-4-9(14)6-10(15)5-8;9-4-8(12)5-1-2-6(10)7(11)3-5/h4-6,11,13-16H,7H2,1-3H3;1-3,8,10-12H,4,9H2/t;8-/m.0/s1. The van der Waals surface area contributed by atoms with E-state index in [4.69, 9.17) is 15.9 Å². The lowest BCUT2D eigenvalue weighted by Gasteiger charge is -2.23. The number of aromatic hydroxyl groups is 4. The molecule has 8 nitrogen and oxygen atoms in total. The smallest absolute Gasteiger partial charge is 0.157 e. The lowest BCUT2D eigenvalue weighted by atomic mass is 10.1. The van der Waals surface area contributed by atoms with Crippen molar-refractivity contribution >= 4 is 0 Å². The van der Waals surface area contributed by atoms with E-state index >= 15 is 0 Å². The van der Waals surface area contributed by atoms with Gasteiger partial charge in [0.25, 0.3) is 0 Å². The van der Waals surface area contributed by atoms with Crippen molar-refractivity contribution in [3.05, 3.63) is 47.5 Å². The van der Waals surface area contributed by atoms with Crippen LogP contribution in [0.5, 0.6) is 23.0 Å². The monoisotopic (exact) mass is 394 g/mol. The number of β-amino-alcohol motifs (C(OH)–C–C–N with tert-alkyl or cyclic N) is 1. The molecule has 0 saturated carbocycles. The van der Waals surface area contributed by atoms with Gasteiger partial charge in [-0.3, -0.25) is 0 Å². The maximum absolute atomic E-state index is 9.85. The number of hydrogen-bond donors (Lipinski definition) is 8. The fraction of sp³-hybridized carbons (Fsp3) is 0.400. The largest absolute Gasteiger partial charge is 0.508 e. The quantitative estimate of drug-likeness (QED) is 0.355. The number of hydrogen-bond acceptors (Lipinski definition) is 8. The normalized spacial score (nSPS) is 13.4. The summed E-state index contributed by atoms with van der Waals surface area (Å²) >= 11 is 0. The zero-order chi connectivity index (χ0) is 21.5. The van der Waals surface area contributed by atoms with Crippen LogP contribution in [-0.4, -0.2) is 49.3 Å². The first kappa shape index (κ1) is 23.5. The van der Waals surface area contributed by atoms with Crippen LogP contribution in [0.2, 0.25) is 0 Å². The van der Waals surface area contributed by atoms with E-state index in [1.165, 1.54) is 36.4 Å². The highest BCUT2D eigenvalue weighted by molar-refractivity contribution is 5.41. The summed E-state index contributed by atoms with van der Waals surface area (Å²) in [5.41, 5.74) is 6.10. The van der Waals surface area contributed by atoms with Crippen LogP contribution in [0.15, 0.2) is 36.4 Å². The minimum Gasteiger partial charge on any atom is -0.508 e. The van der Waals surface area contributed by atoms with Crippen molar-refractivity contribution in [2.45, 2.75) is 38.5 Å².